The SMILES string of the molecule is COC(=O)c1c(NC(=O)C(Cl)Cl)sc(C)c1C. The number of esters is 1. The average Bonchev–Trinajstić information content (AvgIpc) is 2.53. The molecule has 0 spiro atoms. The first kappa shape index (κ1) is 14.3. The second-order valence-electron chi connectivity index (χ2n) is 3.27. The summed E-state index contributed by atoms with van der Waals surface area (Å²) in [6, 6.07) is 0. The minimum absolute atomic E-state index is 0.345. The molecule has 0 radical (unpaired) electrons. The third-order valence-corrected chi connectivity index (χ3v) is 3.73. The van der Waals surface area contributed by atoms with Crippen LogP contribution in [0.4, 0.5) is 5.00 Å². The summed E-state index contributed by atoms with van der Waals surface area (Å²) >= 11 is 12.1. The Labute approximate surface area is 113 Å². The van der Waals surface area contributed by atoms with Crippen LogP contribution in [0, 0.1) is 13.8 Å². The quantitative estimate of drug-likeness (QED) is 0.689. The van der Waals surface area contributed by atoms with Crippen LogP contribution in [0.3, 0.4) is 0 Å². The van der Waals surface area contributed by atoms with E-state index in [1.807, 2.05) is 6.92 Å². The van der Waals surface area contributed by atoms with Crippen molar-refractivity contribution in [2.24, 2.45) is 0 Å². The average molecular weight is 296 g/mol. The van der Waals surface area contributed by atoms with Gasteiger partial charge in [0.1, 0.15) is 5.00 Å². The van der Waals surface area contributed by atoms with Gasteiger partial charge in [-0.1, -0.05) is 23.2 Å². The van der Waals surface area contributed by atoms with Crippen molar-refractivity contribution in [3.05, 3.63) is 16.0 Å². The molecule has 0 fully saturated rings. The Morgan fingerprint density at radius 3 is 2.41 bits per heavy atom. The van der Waals surface area contributed by atoms with Gasteiger partial charge in [-0.3, -0.25) is 4.79 Å². The Kier molecular flexibility index (Phi) is 4.80. The number of nitrogens with one attached hydrogen (secondary N) is 1. The molecule has 1 amide bonds. The van der Waals surface area contributed by atoms with Gasteiger partial charge in [-0.2, -0.15) is 0 Å². The molecule has 0 aliphatic rings. The highest BCUT2D eigenvalue weighted by Crippen LogP contribution is 2.33. The van der Waals surface area contributed by atoms with Crippen LogP contribution in [0.25, 0.3) is 0 Å². The molecular weight excluding hydrogens is 285 g/mol. The van der Waals surface area contributed by atoms with Crippen molar-refractivity contribution in [3.63, 3.8) is 0 Å². The Balaban J connectivity index is 3.11. The maximum absolute atomic E-state index is 11.6. The number of thiophene rings is 1. The summed E-state index contributed by atoms with van der Waals surface area (Å²) in [7, 11) is 1.28. The summed E-state index contributed by atoms with van der Waals surface area (Å²) in [6.07, 6.45) is 0. The molecule has 4 nitrogen and oxygen atoms in total. The molecule has 7 heteroatoms. The Bertz CT molecular complexity index is 457. The highest BCUT2D eigenvalue weighted by Gasteiger charge is 2.23. The van der Waals surface area contributed by atoms with E-state index in [0.717, 1.165) is 10.4 Å². The van der Waals surface area contributed by atoms with E-state index >= 15 is 0 Å². The van der Waals surface area contributed by atoms with Gasteiger partial charge in [0.05, 0.1) is 12.7 Å². The van der Waals surface area contributed by atoms with Gasteiger partial charge >= 0.3 is 5.97 Å². The van der Waals surface area contributed by atoms with Crippen molar-refractivity contribution in [1.29, 1.82) is 0 Å². The van der Waals surface area contributed by atoms with Crippen LogP contribution in [0.2, 0.25) is 0 Å². The zero-order valence-electron chi connectivity index (χ0n) is 9.47. The minimum Gasteiger partial charge on any atom is -0.465 e. The lowest BCUT2D eigenvalue weighted by Gasteiger charge is -2.06. The van der Waals surface area contributed by atoms with E-state index in [4.69, 9.17) is 23.2 Å². The number of ether oxygens (including phenoxy) is 1. The van der Waals surface area contributed by atoms with Crippen LogP contribution < -0.4 is 5.32 Å². The standard InChI is InChI=1S/C10H11Cl2NO3S/c1-4-5(2)17-9(6(4)10(15)16-3)13-8(14)7(11)12/h7H,1-3H3,(H,13,14). The van der Waals surface area contributed by atoms with Crippen molar-refractivity contribution in [3.8, 4) is 0 Å². The van der Waals surface area contributed by atoms with E-state index < -0.39 is 16.7 Å². The van der Waals surface area contributed by atoms with Gasteiger partial charge in [0, 0.05) is 4.88 Å². The number of hydrogen-bond donors (Lipinski definition) is 1. The fraction of sp³-hybridized carbons (Fsp3) is 0.400. The molecule has 0 aromatic carbocycles. The topological polar surface area (TPSA) is 55.4 Å². The molecule has 0 aliphatic carbocycles. The van der Waals surface area contributed by atoms with Crippen LogP contribution in [-0.2, 0) is 9.53 Å². The molecule has 17 heavy (non-hydrogen) atoms. The fourth-order valence-electron chi connectivity index (χ4n) is 1.23. The van der Waals surface area contributed by atoms with E-state index in [2.05, 4.69) is 10.1 Å². The molecule has 1 aromatic heterocycles. The lowest BCUT2D eigenvalue weighted by Crippen LogP contribution is -2.19. The number of anilines is 1. The number of alkyl halides is 2. The fourth-order valence-corrected chi connectivity index (χ4v) is 2.39. The molecule has 94 valence electrons. The van der Waals surface area contributed by atoms with Crippen molar-refractivity contribution >= 4 is 51.4 Å². The first-order chi connectivity index (χ1) is 7.88. The van der Waals surface area contributed by atoms with Crippen molar-refractivity contribution in [1.82, 2.24) is 0 Å². The van der Waals surface area contributed by atoms with E-state index in [0.29, 0.717) is 10.6 Å². The van der Waals surface area contributed by atoms with Crippen LogP contribution in [0.1, 0.15) is 20.8 Å². The molecule has 1 aromatic rings. The van der Waals surface area contributed by atoms with Gasteiger partial charge in [-0.05, 0) is 19.4 Å². The maximum Gasteiger partial charge on any atom is 0.341 e. The molecular formula is C10H11Cl2NO3S. The van der Waals surface area contributed by atoms with Crippen LogP contribution in [0.15, 0.2) is 0 Å². The second-order valence-corrected chi connectivity index (χ2v) is 5.59. The van der Waals surface area contributed by atoms with Gasteiger partial charge in [-0.15, -0.1) is 11.3 Å². The van der Waals surface area contributed by atoms with Crippen LogP contribution in [-0.4, -0.2) is 23.8 Å². The molecule has 1 rings (SSSR count). The molecule has 0 bridgehead atoms. The normalized spacial score (nSPS) is 10.5. The second kappa shape index (κ2) is 5.71. The third-order valence-electron chi connectivity index (χ3n) is 2.21. The predicted octanol–water partition coefficient (Wildman–Crippen LogP) is 2.89. The van der Waals surface area contributed by atoms with Crippen LogP contribution in [0.5, 0.6) is 0 Å². The molecule has 0 aliphatic heterocycles. The van der Waals surface area contributed by atoms with Gasteiger partial charge in [0.15, 0.2) is 4.84 Å². The summed E-state index contributed by atoms with van der Waals surface area (Å²) in [5, 5.41) is 2.91. The number of amides is 1. The molecule has 1 N–H and O–H groups in total. The summed E-state index contributed by atoms with van der Waals surface area (Å²) in [4.78, 5) is 22.7. The number of carbonyl (C=O) groups excluding carboxylic acids is 2. The van der Waals surface area contributed by atoms with E-state index in [1.54, 1.807) is 6.92 Å². The number of methoxy groups -OCH3 is 1. The number of hydrogen-bond acceptors (Lipinski definition) is 4. The lowest BCUT2D eigenvalue weighted by atomic mass is 10.1. The van der Waals surface area contributed by atoms with E-state index in [1.165, 1.54) is 18.4 Å². The Hall–Kier alpha value is -0.780. The molecule has 0 saturated carbocycles. The molecule has 0 saturated heterocycles. The number of rotatable bonds is 3. The first-order valence-electron chi connectivity index (χ1n) is 4.65. The van der Waals surface area contributed by atoms with Crippen LogP contribution >= 0.6 is 34.5 Å². The minimum atomic E-state index is -1.18. The predicted molar refractivity (Wildman–Crippen MR) is 69.3 cm³/mol. The lowest BCUT2D eigenvalue weighted by molar-refractivity contribution is -0.114. The first-order valence-corrected chi connectivity index (χ1v) is 6.34. The highest BCUT2D eigenvalue weighted by atomic mass is 35.5. The van der Waals surface area contributed by atoms with Crippen molar-refractivity contribution in [2.75, 3.05) is 12.4 Å². The summed E-state index contributed by atoms with van der Waals surface area (Å²) in [5.41, 5.74) is 1.12. The smallest absolute Gasteiger partial charge is 0.341 e. The maximum atomic E-state index is 11.6. The number of carbonyl (C=O) groups is 2. The molecule has 0 unspecified atom stereocenters. The van der Waals surface area contributed by atoms with Crippen molar-refractivity contribution in [2.45, 2.75) is 18.7 Å². The monoisotopic (exact) mass is 295 g/mol. The number of halogens is 2. The Morgan fingerprint density at radius 2 is 1.94 bits per heavy atom. The largest absolute Gasteiger partial charge is 0.465 e. The van der Waals surface area contributed by atoms with E-state index in [9.17, 15) is 9.59 Å². The summed E-state index contributed by atoms with van der Waals surface area (Å²) in [6.45, 7) is 3.63. The van der Waals surface area contributed by atoms with E-state index in [-0.39, 0.29) is 0 Å². The van der Waals surface area contributed by atoms with Gasteiger partial charge < -0.3 is 10.1 Å². The van der Waals surface area contributed by atoms with Gasteiger partial charge in [0.2, 0.25) is 0 Å². The van der Waals surface area contributed by atoms with Gasteiger partial charge in [-0.25, -0.2) is 4.79 Å². The van der Waals surface area contributed by atoms with Crippen molar-refractivity contribution < 1.29 is 14.3 Å². The summed E-state index contributed by atoms with van der Waals surface area (Å²) in [5.74, 6) is -1.07. The van der Waals surface area contributed by atoms with Gasteiger partial charge in [0.25, 0.3) is 5.91 Å². The Morgan fingerprint density at radius 1 is 1.35 bits per heavy atom. The number of aryl methyl sites for hydroxylation is 1. The zero-order valence-corrected chi connectivity index (χ0v) is 11.8. The molecule has 0 atom stereocenters. The molecule has 1 heterocycles. The zero-order chi connectivity index (χ0) is 13.2. The highest BCUT2D eigenvalue weighted by molar-refractivity contribution is 7.16. The third kappa shape index (κ3) is 3.12. The summed E-state index contributed by atoms with van der Waals surface area (Å²) < 4.78 is 4.66.